The zero-order valence-corrected chi connectivity index (χ0v) is 13.8. The van der Waals surface area contributed by atoms with Gasteiger partial charge < -0.3 is 10.1 Å². The Morgan fingerprint density at radius 1 is 1.18 bits per heavy atom. The first kappa shape index (κ1) is 16.4. The molecule has 0 saturated heterocycles. The third-order valence-electron chi connectivity index (χ3n) is 3.56. The molecule has 2 aromatic rings. The lowest BCUT2D eigenvalue weighted by Crippen LogP contribution is -2.28. The van der Waals surface area contributed by atoms with Crippen LogP contribution in [0.5, 0.6) is 5.75 Å². The van der Waals surface area contributed by atoms with Crippen LogP contribution in [0, 0.1) is 20.8 Å². The zero-order valence-electron chi connectivity index (χ0n) is 13.1. The first-order valence-corrected chi connectivity index (χ1v) is 7.56. The number of amides is 1. The van der Waals surface area contributed by atoms with E-state index in [4.69, 9.17) is 16.3 Å². The van der Waals surface area contributed by atoms with Gasteiger partial charge in [0.1, 0.15) is 5.75 Å². The Kier molecular flexibility index (Phi) is 5.45. The molecule has 2 rings (SSSR count). The van der Waals surface area contributed by atoms with E-state index in [-0.39, 0.29) is 12.5 Å². The van der Waals surface area contributed by atoms with Gasteiger partial charge in [-0.1, -0.05) is 35.9 Å². The quantitative estimate of drug-likeness (QED) is 0.906. The number of benzene rings is 2. The summed E-state index contributed by atoms with van der Waals surface area (Å²) in [4.78, 5) is 11.9. The first-order chi connectivity index (χ1) is 10.5. The van der Waals surface area contributed by atoms with E-state index in [1.54, 1.807) is 6.07 Å². The fraction of sp³-hybridized carbons (Fsp3) is 0.278. The van der Waals surface area contributed by atoms with E-state index in [0.29, 0.717) is 11.6 Å². The molecule has 0 aliphatic heterocycles. The molecule has 0 unspecified atom stereocenters. The highest BCUT2D eigenvalue weighted by Gasteiger charge is 2.08. The second-order valence-electron chi connectivity index (χ2n) is 5.36. The number of hydrogen-bond donors (Lipinski definition) is 1. The van der Waals surface area contributed by atoms with Crippen LogP contribution >= 0.6 is 11.6 Å². The van der Waals surface area contributed by atoms with Crippen LogP contribution in [-0.4, -0.2) is 12.5 Å². The van der Waals surface area contributed by atoms with Gasteiger partial charge in [0.05, 0.1) is 0 Å². The highest BCUT2D eigenvalue weighted by molar-refractivity contribution is 6.31. The Morgan fingerprint density at radius 3 is 2.64 bits per heavy atom. The maximum absolute atomic E-state index is 11.9. The van der Waals surface area contributed by atoms with Crippen LogP contribution in [0.25, 0.3) is 0 Å². The summed E-state index contributed by atoms with van der Waals surface area (Å²) in [5.41, 5.74) is 4.23. The van der Waals surface area contributed by atoms with Gasteiger partial charge in [-0.05, 0) is 55.2 Å². The Balaban J connectivity index is 1.90. The summed E-state index contributed by atoms with van der Waals surface area (Å²) >= 11 is 6.05. The van der Waals surface area contributed by atoms with Crippen LogP contribution in [-0.2, 0) is 11.3 Å². The molecule has 0 aliphatic rings. The lowest BCUT2D eigenvalue weighted by Gasteiger charge is -2.12. The molecule has 22 heavy (non-hydrogen) atoms. The molecule has 0 saturated carbocycles. The van der Waals surface area contributed by atoms with Crippen molar-refractivity contribution in [3.63, 3.8) is 0 Å². The van der Waals surface area contributed by atoms with E-state index in [9.17, 15) is 4.79 Å². The van der Waals surface area contributed by atoms with Crippen LogP contribution < -0.4 is 10.1 Å². The Bertz CT molecular complexity index is 683. The molecule has 1 N–H and O–H groups in total. The van der Waals surface area contributed by atoms with E-state index >= 15 is 0 Å². The molecule has 116 valence electrons. The van der Waals surface area contributed by atoms with E-state index in [2.05, 4.69) is 11.4 Å². The van der Waals surface area contributed by atoms with Crippen LogP contribution in [0.4, 0.5) is 0 Å². The summed E-state index contributed by atoms with van der Waals surface area (Å²) in [6.45, 7) is 6.43. The number of carbonyl (C=O) groups is 1. The number of hydrogen-bond acceptors (Lipinski definition) is 2. The summed E-state index contributed by atoms with van der Waals surface area (Å²) in [7, 11) is 0. The number of ether oxygens (including phenoxy) is 1. The van der Waals surface area contributed by atoms with Gasteiger partial charge >= 0.3 is 0 Å². The molecular formula is C18H20ClNO2. The molecule has 0 atom stereocenters. The van der Waals surface area contributed by atoms with Crippen molar-refractivity contribution < 1.29 is 9.53 Å². The minimum atomic E-state index is -0.168. The molecule has 4 heteroatoms. The SMILES string of the molecule is Cc1cc(C)c(C)c(OCC(=O)NCc2ccccc2Cl)c1. The molecule has 0 fully saturated rings. The first-order valence-electron chi connectivity index (χ1n) is 7.18. The molecule has 1 amide bonds. The zero-order chi connectivity index (χ0) is 16.1. The number of halogens is 1. The van der Waals surface area contributed by atoms with Gasteiger partial charge in [0.25, 0.3) is 5.91 Å². The molecule has 2 aromatic carbocycles. The van der Waals surface area contributed by atoms with Crippen molar-refractivity contribution in [2.24, 2.45) is 0 Å². The van der Waals surface area contributed by atoms with E-state index in [1.165, 1.54) is 0 Å². The normalized spacial score (nSPS) is 10.4. The standard InChI is InChI=1S/C18H20ClNO2/c1-12-8-13(2)14(3)17(9-12)22-11-18(21)20-10-15-6-4-5-7-16(15)19/h4-9H,10-11H2,1-3H3,(H,20,21). The van der Waals surface area contributed by atoms with Crippen molar-refractivity contribution in [1.82, 2.24) is 5.32 Å². The fourth-order valence-electron chi connectivity index (χ4n) is 2.18. The van der Waals surface area contributed by atoms with Crippen molar-refractivity contribution in [3.05, 3.63) is 63.7 Å². The maximum Gasteiger partial charge on any atom is 0.258 e. The molecule has 3 nitrogen and oxygen atoms in total. The highest BCUT2D eigenvalue weighted by atomic mass is 35.5. The average molecular weight is 318 g/mol. The molecule has 0 aromatic heterocycles. The Labute approximate surface area is 136 Å². The van der Waals surface area contributed by atoms with Crippen molar-refractivity contribution in [3.8, 4) is 5.75 Å². The monoisotopic (exact) mass is 317 g/mol. The van der Waals surface area contributed by atoms with Gasteiger partial charge in [-0.2, -0.15) is 0 Å². The summed E-state index contributed by atoms with van der Waals surface area (Å²) in [6, 6.07) is 11.5. The van der Waals surface area contributed by atoms with Crippen LogP contribution in [0.3, 0.4) is 0 Å². The molecule has 0 aliphatic carbocycles. The Hall–Kier alpha value is -2.00. The predicted molar refractivity (Wildman–Crippen MR) is 89.4 cm³/mol. The average Bonchev–Trinajstić information content (AvgIpc) is 2.48. The third kappa shape index (κ3) is 4.25. The van der Waals surface area contributed by atoms with Crippen molar-refractivity contribution >= 4 is 17.5 Å². The van der Waals surface area contributed by atoms with Gasteiger partial charge in [0.2, 0.25) is 0 Å². The van der Waals surface area contributed by atoms with E-state index in [0.717, 1.165) is 28.0 Å². The van der Waals surface area contributed by atoms with Gasteiger partial charge in [0.15, 0.2) is 6.61 Å². The lowest BCUT2D eigenvalue weighted by molar-refractivity contribution is -0.123. The number of carbonyl (C=O) groups excluding carboxylic acids is 1. The van der Waals surface area contributed by atoms with Gasteiger partial charge in [-0.3, -0.25) is 4.79 Å². The largest absolute Gasteiger partial charge is 0.483 e. The van der Waals surface area contributed by atoms with Gasteiger partial charge in [0, 0.05) is 11.6 Å². The second kappa shape index (κ2) is 7.32. The third-order valence-corrected chi connectivity index (χ3v) is 3.93. The minimum Gasteiger partial charge on any atom is -0.483 e. The predicted octanol–water partition coefficient (Wildman–Crippen LogP) is 3.96. The number of rotatable bonds is 5. The fourth-order valence-corrected chi connectivity index (χ4v) is 2.38. The van der Waals surface area contributed by atoms with Crippen molar-refractivity contribution in [1.29, 1.82) is 0 Å². The molecule has 0 radical (unpaired) electrons. The lowest BCUT2D eigenvalue weighted by atomic mass is 10.1. The highest BCUT2D eigenvalue weighted by Crippen LogP contribution is 2.23. The van der Waals surface area contributed by atoms with E-state index < -0.39 is 0 Å². The van der Waals surface area contributed by atoms with Gasteiger partial charge in [-0.25, -0.2) is 0 Å². The molecule has 0 heterocycles. The van der Waals surface area contributed by atoms with Crippen LogP contribution in [0.1, 0.15) is 22.3 Å². The maximum atomic E-state index is 11.9. The summed E-state index contributed by atoms with van der Waals surface area (Å²) in [5, 5.41) is 3.46. The summed E-state index contributed by atoms with van der Waals surface area (Å²) < 4.78 is 5.63. The topological polar surface area (TPSA) is 38.3 Å². The van der Waals surface area contributed by atoms with Crippen LogP contribution in [0.15, 0.2) is 36.4 Å². The molecular weight excluding hydrogens is 298 g/mol. The summed E-state index contributed by atoms with van der Waals surface area (Å²) in [5.74, 6) is 0.587. The molecule has 0 spiro atoms. The van der Waals surface area contributed by atoms with Gasteiger partial charge in [-0.15, -0.1) is 0 Å². The van der Waals surface area contributed by atoms with Crippen LogP contribution in [0.2, 0.25) is 5.02 Å². The van der Waals surface area contributed by atoms with Crippen molar-refractivity contribution in [2.45, 2.75) is 27.3 Å². The summed E-state index contributed by atoms with van der Waals surface area (Å²) in [6.07, 6.45) is 0. The Morgan fingerprint density at radius 2 is 1.91 bits per heavy atom. The van der Waals surface area contributed by atoms with Crippen molar-refractivity contribution in [2.75, 3.05) is 6.61 Å². The van der Waals surface area contributed by atoms with E-state index in [1.807, 2.05) is 45.0 Å². The molecule has 0 bridgehead atoms. The smallest absolute Gasteiger partial charge is 0.258 e. The second-order valence-corrected chi connectivity index (χ2v) is 5.77. The number of aryl methyl sites for hydroxylation is 2. The minimum absolute atomic E-state index is 0.00577. The number of nitrogens with one attached hydrogen (secondary N) is 1.